The number of carbonyl (C=O) groups excluding carboxylic acids is 7. The lowest BCUT2D eigenvalue weighted by Crippen LogP contribution is -2.59. The van der Waals surface area contributed by atoms with Gasteiger partial charge in [0.1, 0.15) is 18.1 Å². The summed E-state index contributed by atoms with van der Waals surface area (Å²) >= 11 is 0. The van der Waals surface area contributed by atoms with E-state index in [-0.39, 0.29) is 31.9 Å². The number of unbranched alkanes of at least 4 members (excludes halogenated alkanes) is 1. The zero-order chi connectivity index (χ0) is 43.9. The van der Waals surface area contributed by atoms with Crippen LogP contribution in [0.2, 0.25) is 0 Å². The van der Waals surface area contributed by atoms with Crippen molar-refractivity contribution in [3.63, 3.8) is 0 Å². The van der Waals surface area contributed by atoms with Crippen molar-refractivity contribution in [1.29, 1.82) is 0 Å². The fourth-order valence-corrected chi connectivity index (χ4v) is 8.75. The molecule has 5 rings (SSSR count). The number of benzene rings is 2. The average Bonchev–Trinajstić information content (AvgIpc) is 3.72. The SMILES string of the molecule is CCCCC(NC(=O)[C@@H]1C[C@@H](OCc2ccccc2)CN1C(=O)C(NC(=O)[C@@H]1CCCC[C@H]1C(=O)O)C1CCCCC1)C(=O)C(=O)NCC(=O)NC(C(N)=O)c1ccccc1. The maximum atomic E-state index is 14.8. The van der Waals surface area contributed by atoms with E-state index in [0.29, 0.717) is 56.9 Å². The van der Waals surface area contributed by atoms with Crippen LogP contribution in [-0.4, -0.2) is 94.5 Å². The zero-order valence-electron chi connectivity index (χ0n) is 34.9. The number of rotatable bonds is 20. The molecule has 7 N–H and O–H groups in total. The minimum absolute atomic E-state index is 0.0163. The molecule has 330 valence electrons. The molecule has 3 fully saturated rings. The maximum Gasteiger partial charge on any atom is 0.307 e. The molecule has 16 nitrogen and oxygen atoms in total. The van der Waals surface area contributed by atoms with Gasteiger partial charge in [0.2, 0.25) is 35.3 Å². The molecule has 3 unspecified atom stereocenters. The van der Waals surface area contributed by atoms with E-state index in [9.17, 15) is 43.5 Å². The number of hydrogen-bond acceptors (Lipinski definition) is 9. The lowest BCUT2D eigenvalue weighted by Gasteiger charge is -2.36. The highest BCUT2D eigenvalue weighted by Crippen LogP contribution is 2.33. The van der Waals surface area contributed by atoms with Crippen molar-refractivity contribution in [2.45, 2.75) is 127 Å². The van der Waals surface area contributed by atoms with Gasteiger partial charge in [-0.2, -0.15) is 0 Å². The molecule has 7 atom stereocenters. The van der Waals surface area contributed by atoms with Gasteiger partial charge in [0.05, 0.1) is 37.1 Å². The third-order valence-corrected chi connectivity index (χ3v) is 12.1. The summed E-state index contributed by atoms with van der Waals surface area (Å²) in [7, 11) is 0. The molecule has 0 radical (unpaired) electrons. The van der Waals surface area contributed by atoms with Crippen LogP contribution in [0.25, 0.3) is 0 Å². The Morgan fingerprint density at radius 1 is 0.803 bits per heavy atom. The minimum Gasteiger partial charge on any atom is -0.481 e. The largest absolute Gasteiger partial charge is 0.481 e. The Labute approximate surface area is 356 Å². The highest BCUT2D eigenvalue weighted by atomic mass is 16.5. The smallest absolute Gasteiger partial charge is 0.307 e. The van der Waals surface area contributed by atoms with E-state index in [0.717, 1.165) is 24.8 Å². The lowest BCUT2D eigenvalue weighted by atomic mass is 9.78. The molecular formula is C45H60N6O10. The van der Waals surface area contributed by atoms with Crippen LogP contribution < -0.4 is 27.0 Å². The highest BCUT2D eigenvalue weighted by Gasteiger charge is 2.46. The van der Waals surface area contributed by atoms with E-state index in [2.05, 4.69) is 21.3 Å². The number of Topliss-reactive ketones (excluding diaryl/α,β-unsaturated/α-hetero) is 1. The Morgan fingerprint density at radius 2 is 1.44 bits per heavy atom. The van der Waals surface area contributed by atoms with Crippen LogP contribution in [-0.2, 0) is 49.7 Å². The highest BCUT2D eigenvalue weighted by molar-refractivity contribution is 6.38. The molecule has 2 aromatic rings. The van der Waals surface area contributed by atoms with Crippen molar-refractivity contribution in [3.05, 3.63) is 71.8 Å². The number of ether oxygens (including phenoxy) is 1. The number of nitrogens with two attached hydrogens (primary N) is 1. The number of primary amides is 1. The number of nitrogens with zero attached hydrogens (tertiary/aromatic N) is 1. The van der Waals surface area contributed by atoms with E-state index in [1.807, 2.05) is 37.3 Å². The number of carbonyl (C=O) groups is 8. The first-order chi connectivity index (χ1) is 29.4. The summed E-state index contributed by atoms with van der Waals surface area (Å²) < 4.78 is 6.25. The number of carboxylic acid groups (broad SMARTS) is 1. The molecule has 1 aliphatic heterocycles. The molecule has 0 aromatic heterocycles. The van der Waals surface area contributed by atoms with Crippen LogP contribution in [0.3, 0.4) is 0 Å². The Balaban J connectivity index is 1.33. The third kappa shape index (κ3) is 12.9. The summed E-state index contributed by atoms with van der Waals surface area (Å²) in [5, 5.41) is 20.4. The topological polar surface area (TPSA) is 243 Å². The van der Waals surface area contributed by atoms with Crippen molar-refractivity contribution in [2.75, 3.05) is 13.1 Å². The second-order valence-corrected chi connectivity index (χ2v) is 16.4. The van der Waals surface area contributed by atoms with Gasteiger partial charge < -0.3 is 41.7 Å². The van der Waals surface area contributed by atoms with Gasteiger partial charge in [0, 0.05) is 13.0 Å². The predicted octanol–water partition coefficient (Wildman–Crippen LogP) is 2.83. The summed E-state index contributed by atoms with van der Waals surface area (Å²) in [4.78, 5) is 108. The lowest BCUT2D eigenvalue weighted by molar-refractivity contribution is -0.150. The first-order valence-electron chi connectivity index (χ1n) is 21.6. The number of ketones is 1. The molecule has 2 aromatic carbocycles. The Bertz CT molecular complexity index is 1860. The number of nitrogens with one attached hydrogen (secondary N) is 4. The Kier molecular flexibility index (Phi) is 17.4. The predicted molar refractivity (Wildman–Crippen MR) is 223 cm³/mol. The van der Waals surface area contributed by atoms with E-state index >= 15 is 0 Å². The molecule has 1 heterocycles. The van der Waals surface area contributed by atoms with Crippen LogP contribution in [0.15, 0.2) is 60.7 Å². The van der Waals surface area contributed by atoms with Crippen LogP contribution in [0.1, 0.15) is 108 Å². The maximum absolute atomic E-state index is 14.8. The standard InChI is InChI=1S/C45H60N6O10/c1-2-3-23-34(39(53)43(57)47-25-36(52)49-37(40(46)54)29-17-9-5-10-18-29)48-42(56)35-24-31(61-27-28-15-7-4-8-16-28)26-51(35)44(58)38(30-19-11-6-12-20-30)50-41(55)32-21-13-14-22-33(32)45(59)60/h4-5,7-10,15-18,30-35,37-38H,2-3,6,11-14,19-27H2,1H3,(H2,46,54)(H,47,57)(H,48,56)(H,49,52)(H,50,55)(H,59,60)/t31-,32-,33-,34?,35+,37?,38?/m1/s1. The van der Waals surface area contributed by atoms with Crippen LogP contribution in [0.5, 0.6) is 0 Å². The molecule has 16 heteroatoms. The second kappa shape index (κ2) is 22.8. The normalized spacial score (nSPS) is 21.9. The molecule has 2 aliphatic carbocycles. The first kappa shape index (κ1) is 46.4. The Hall–Kier alpha value is -5.64. The van der Waals surface area contributed by atoms with E-state index < -0.39 is 95.8 Å². The van der Waals surface area contributed by atoms with Crippen molar-refractivity contribution in [3.8, 4) is 0 Å². The number of hydrogen-bond donors (Lipinski definition) is 6. The fourth-order valence-electron chi connectivity index (χ4n) is 8.75. The molecule has 61 heavy (non-hydrogen) atoms. The van der Waals surface area contributed by atoms with Gasteiger partial charge in [0.25, 0.3) is 5.91 Å². The monoisotopic (exact) mass is 844 g/mol. The molecule has 0 bridgehead atoms. The zero-order valence-corrected chi connectivity index (χ0v) is 34.9. The summed E-state index contributed by atoms with van der Waals surface area (Å²) in [5.74, 6) is -8.30. The summed E-state index contributed by atoms with van der Waals surface area (Å²) in [6, 6.07) is 13.1. The third-order valence-electron chi connectivity index (χ3n) is 12.1. The van der Waals surface area contributed by atoms with Gasteiger partial charge in [-0.1, -0.05) is 113 Å². The molecule has 1 saturated heterocycles. The number of carboxylic acids is 1. The number of aliphatic carboxylic acids is 1. The van der Waals surface area contributed by atoms with Crippen molar-refractivity contribution < 1.29 is 48.2 Å². The molecule has 0 spiro atoms. The molecule has 2 saturated carbocycles. The van der Waals surface area contributed by atoms with Gasteiger partial charge in [-0.15, -0.1) is 0 Å². The molecular weight excluding hydrogens is 785 g/mol. The van der Waals surface area contributed by atoms with E-state index in [1.54, 1.807) is 30.3 Å². The van der Waals surface area contributed by atoms with Gasteiger partial charge in [-0.3, -0.25) is 38.4 Å². The second-order valence-electron chi connectivity index (χ2n) is 16.4. The summed E-state index contributed by atoms with van der Waals surface area (Å²) in [6.45, 7) is 1.46. The fraction of sp³-hybridized carbons (Fsp3) is 0.556. The summed E-state index contributed by atoms with van der Waals surface area (Å²) in [5.41, 5.74) is 6.82. The van der Waals surface area contributed by atoms with Gasteiger partial charge in [0.15, 0.2) is 0 Å². The summed E-state index contributed by atoms with van der Waals surface area (Å²) in [6.07, 6.45) is 6.85. The van der Waals surface area contributed by atoms with E-state index in [1.165, 1.54) is 4.90 Å². The number of amides is 6. The van der Waals surface area contributed by atoms with Crippen molar-refractivity contribution in [2.24, 2.45) is 23.5 Å². The minimum atomic E-state index is -1.30. The average molecular weight is 845 g/mol. The van der Waals surface area contributed by atoms with Gasteiger partial charge in [-0.05, 0) is 49.1 Å². The quantitative estimate of drug-likeness (QED) is 0.107. The van der Waals surface area contributed by atoms with Crippen LogP contribution in [0, 0.1) is 17.8 Å². The number of likely N-dealkylation sites (tertiary alicyclic amines) is 1. The van der Waals surface area contributed by atoms with E-state index in [4.69, 9.17) is 10.5 Å². The van der Waals surface area contributed by atoms with Crippen molar-refractivity contribution in [1.82, 2.24) is 26.2 Å². The molecule has 3 aliphatic rings. The van der Waals surface area contributed by atoms with Crippen LogP contribution >= 0.6 is 0 Å². The molecule has 6 amide bonds. The Morgan fingerprint density at radius 3 is 2.08 bits per heavy atom. The van der Waals surface area contributed by atoms with Crippen molar-refractivity contribution >= 4 is 47.2 Å². The van der Waals surface area contributed by atoms with Gasteiger partial charge in [-0.25, -0.2) is 0 Å². The first-order valence-corrected chi connectivity index (χ1v) is 21.6. The van der Waals surface area contributed by atoms with Gasteiger partial charge >= 0.3 is 5.97 Å². The van der Waals surface area contributed by atoms with Crippen LogP contribution in [0.4, 0.5) is 0 Å².